The predicted molar refractivity (Wildman–Crippen MR) is 200 cm³/mol. The van der Waals surface area contributed by atoms with Crippen molar-refractivity contribution in [2.45, 2.75) is 193 Å². The van der Waals surface area contributed by atoms with Crippen LogP contribution in [0.5, 0.6) is 0 Å². The summed E-state index contributed by atoms with van der Waals surface area (Å²) in [5.74, 6) is 1.05. The van der Waals surface area contributed by atoms with Gasteiger partial charge in [-0.2, -0.15) is 0 Å². The highest BCUT2D eigenvalue weighted by Crippen LogP contribution is 2.74. The van der Waals surface area contributed by atoms with Crippen molar-refractivity contribution in [2.24, 2.45) is 45.3 Å². The first-order chi connectivity index (χ1) is 25.4. The van der Waals surface area contributed by atoms with Gasteiger partial charge >= 0.3 is 0 Å². The fraction of sp³-hybridized carbons (Fsp3) is 0.929. The molecule has 0 aromatic rings. The molecule has 3 saturated carbocycles. The van der Waals surface area contributed by atoms with E-state index < -0.39 is 96.7 Å². The molecule has 0 spiro atoms. The lowest BCUT2D eigenvalue weighted by Gasteiger charge is -2.65. The van der Waals surface area contributed by atoms with Gasteiger partial charge in [0.1, 0.15) is 48.5 Å². The van der Waals surface area contributed by atoms with Crippen molar-refractivity contribution < 1.29 is 64.6 Å². The summed E-state index contributed by atoms with van der Waals surface area (Å²) in [6, 6.07) is 0. The van der Waals surface area contributed by atoms with Crippen LogP contribution < -0.4 is 0 Å². The van der Waals surface area contributed by atoms with E-state index in [4.69, 9.17) is 18.9 Å². The molecule has 2 saturated heterocycles. The number of carbonyl (C=O) groups excluding carboxylic acids is 1. The van der Waals surface area contributed by atoms with E-state index in [2.05, 4.69) is 47.6 Å². The molecule has 0 aromatic heterocycles. The molecule has 13 nitrogen and oxygen atoms in total. The van der Waals surface area contributed by atoms with Crippen LogP contribution in [-0.4, -0.2) is 132 Å². The number of aliphatic hydroxyl groups is 8. The molecule has 2 aliphatic heterocycles. The standard InChI is InChI=1S/C42H70O13/c1-20(10-14-27(44)39(5,6)51)22-16-17-40(7)26-13-11-23-24(42(26,9)28(45)18-41(22,40)8)12-15-29(38(23,3)4)54-37-35(33(49)31(47)25(19-43)53-37)55-36-34(50)32(48)30(46)21(2)52-36/h11,20-22,24-27,29-37,43-44,46-51H,10,12-19H2,1-9H3/t20-,21?,22-,24-,25?,26+,27-,29+,30?,31?,32?,33?,34?,35?,36?,37?,40+,41-,42+/m1/s1. The van der Waals surface area contributed by atoms with Gasteiger partial charge in [-0.1, -0.05) is 53.2 Å². The summed E-state index contributed by atoms with van der Waals surface area (Å²) in [6.07, 6.45) is -7.17. The van der Waals surface area contributed by atoms with Crippen molar-refractivity contribution in [1.82, 2.24) is 0 Å². The molecule has 6 rings (SSSR count). The molecule has 0 aromatic carbocycles. The van der Waals surface area contributed by atoms with Crippen molar-refractivity contribution in [3.8, 4) is 0 Å². The summed E-state index contributed by atoms with van der Waals surface area (Å²) in [5.41, 5.74) is -1.46. The highest BCUT2D eigenvalue weighted by Gasteiger charge is 2.70. The van der Waals surface area contributed by atoms with Crippen LogP contribution in [0.3, 0.4) is 0 Å². The number of Topliss-reactive ketones (excluding diaryl/α,β-unsaturated/α-hetero) is 1. The van der Waals surface area contributed by atoms with Crippen molar-refractivity contribution in [3.05, 3.63) is 11.6 Å². The lowest BCUT2D eigenvalue weighted by atomic mass is 9.38. The van der Waals surface area contributed by atoms with Gasteiger partial charge < -0.3 is 59.8 Å². The molecule has 0 amide bonds. The number of hydrogen-bond acceptors (Lipinski definition) is 13. The van der Waals surface area contributed by atoms with E-state index in [0.717, 1.165) is 31.3 Å². The third kappa shape index (κ3) is 7.01. The molecule has 8 N–H and O–H groups in total. The van der Waals surface area contributed by atoms with Crippen LogP contribution in [0.2, 0.25) is 0 Å². The molecular formula is C42H70O13. The lowest BCUT2D eigenvalue weighted by molar-refractivity contribution is -0.372. The number of carbonyl (C=O) groups is 1. The van der Waals surface area contributed by atoms with E-state index in [-0.39, 0.29) is 28.6 Å². The molecule has 6 aliphatic rings. The van der Waals surface area contributed by atoms with Crippen LogP contribution in [0.15, 0.2) is 11.6 Å². The van der Waals surface area contributed by atoms with Gasteiger partial charge in [0.05, 0.1) is 30.5 Å². The number of fused-ring (bicyclic) bond motifs is 5. The van der Waals surface area contributed by atoms with E-state index in [1.165, 1.54) is 6.92 Å². The first-order valence-electron chi connectivity index (χ1n) is 20.7. The summed E-state index contributed by atoms with van der Waals surface area (Å²) in [4.78, 5) is 14.8. The Morgan fingerprint density at radius 2 is 1.55 bits per heavy atom. The maximum atomic E-state index is 14.8. The predicted octanol–water partition coefficient (Wildman–Crippen LogP) is 2.36. The van der Waals surface area contributed by atoms with Crippen LogP contribution in [0.25, 0.3) is 0 Å². The van der Waals surface area contributed by atoms with E-state index in [1.54, 1.807) is 13.8 Å². The van der Waals surface area contributed by atoms with Crippen molar-refractivity contribution in [3.63, 3.8) is 0 Å². The Hall–Kier alpha value is -1.07. The molecule has 10 unspecified atom stereocenters. The highest BCUT2D eigenvalue weighted by atomic mass is 16.8. The largest absolute Gasteiger partial charge is 0.394 e. The zero-order valence-electron chi connectivity index (χ0n) is 34.3. The first-order valence-corrected chi connectivity index (χ1v) is 20.7. The monoisotopic (exact) mass is 782 g/mol. The second kappa shape index (κ2) is 15.2. The Bertz CT molecular complexity index is 1430. The normalized spacial score (nSPS) is 49.7. The minimum atomic E-state index is -1.67. The smallest absolute Gasteiger partial charge is 0.187 e. The van der Waals surface area contributed by atoms with Crippen molar-refractivity contribution in [2.75, 3.05) is 6.61 Å². The van der Waals surface area contributed by atoms with Crippen LogP contribution >= 0.6 is 0 Å². The fourth-order valence-corrected chi connectivity index (χ4v) is 12.3. The Morgan fingerprint density at radius 1 is 0.873 bits per heavy atom. The van der Waals surface area contributed by atoms with E-state index in [9.17, 15) is 45.6 Å². The summed E-state index contributed by atoms with van der Waals surface area (Å²) in [7, 11) is 0. The summed E-state index contributed by atoms with van der Waals surface area (Å²) in [5, 5.41) is 84.3. The molecule has 13 heteroatoms. The Labute approximate surface area is 326 Å². The third-order valence-corrected chi connectivity index (χ3v) is 16.3. The second-order valence-corrected chi connectivity index (χ2v) is 20.0. The lowest BCUT2D eigenvalue weighted by Crippen LogP contribution is -2.65. The number of ketones is 1. The van der Waals surface area contributed by atoms with E-state index in [0.29, 0.717) is 37.4 Å². The SMILES string of the molecule is CC1OC(OC2C(O[C@H]3CC[C@@H]4C(=CC[C@@H]5[C@@]4(C)C(=O)C[C@]4(C)[C@@H]([C@H](C)CC[C@@H](O)C(C)(C)O)CC[C@@]54C)C3(C)C)OC(CO)C(O)C2O)C(O)C(O)C1O. The van der Waals surface area contributed by atoms with Crippen molar-refractivity contribution in [1.29, 1.82) is 0 Å². The maximum Gasteiger partial charge on any atom is 0.187 e. The van der Waals surface area contributed by atoms with Gasteiger partial charge in [0.25, 0.3) is 0 Å². The molecule has 19 atom stereocenters. The van der Waals surface area contributed by atoms with Gasteiger partial charge in [-0.3, -0.25) is 4.79 Å². The minimum Gasteiger partial charge on any atom is -0.394 e. The maximum absolute atomic E-state index is 14.8. The molecule has 0 bridgehead atoms. The number of hydrogen-bond donors (Lipinski definition) is 8. The number of allylic oxidation sites excluding steroid dienone is 1. The molecular weight excluding hydrogens is 712 g/mol. The van der Waals surface area contributed by atoms with Crippen molar-refractivity contribution >= 4 is 5.78 Å². The number of ether oxygens (including phenoxy) is 4. The highest BCUT2D eigenvalue weighted by molar-refractivity contribution is 5.88. The summed E-state index contributed by atoms with van der Waals surface area (Å²) < 4.78 is 24.3. The van der Waals surface area contributed by atoms with Gasteiger partial charge in [-0.15, -0.1) is 0 Å². The fourth-order valence-electron chi connectivity index (χ4n) is 12.3. The van der Waals surface area contributed by atoms with Crippen LogP contribution in [0.1, 0.15) is 114 Å². The van der Waals surface area contributed by atoms with E-state index in [1.807, 2.05) is 0 Å². The molecule has 55 heavy (non-hydrogen) atoms. The van der Waals surface area contributed by atoms with Gasteiger partial charge in [0.2, 0.25) is 0 Å². The zero-order chi connectivity index (χ0) is 40.8. The zero-order valence-corrected chi connectivity index (χ0v) is 34.3. The molecule has 0 radical (unpaired) electrons. The Morgan fingerprint density at radius 3 is 2.18 bits per heavy atom. The van der Waals surface area contributed by atoms with Crippen LogP contribution in [-0.2, 0) is 23.7 Å². The van der Waals surface area contributed by atoms with Gasteiger partial charge in [-0.25, -0.2) is 0 Å². The Balaban J connectivity index is 1.23. The molecule has 5 fully saturated rings. The Kier molecular flexibility index (Phi) is 12.0. The third-order valence-electron chi connectivity index (χ3n) is 16.3. The average Bonchev–Trinajstić information content (AvgIpc) is 3.38. The number of aliphatic hydroxyl groups excluding tert-OH is 7. The first kappa shape index (κ1) is 43.5. The topological polar surface area (TPSA) is 216 Å². The quantitative estimate of drug-likeness (QED) is 0.150. The van der Waals surface area contributed by atoms with E-state index >= 15 is 0 Å². The van der Waals surface area contributed by atoms with Gasteiger partial charge in [0, 0.05) is 17.3 Å². The number of rotatable bonds is 10. The molecule has 4 aliphatic carbocycles. The summed E-state index contributed by atoms with van der Waals surface area (Å²) >= 11 is 0. The molecule has 316 valence electrons. The second-order valence-electron chi connectivity index (χ2n) is 20.0. The molecule has 2 heterocycles. The van der Waals surface area contributed by atoms with Crippen LogP contribution in [0, 0.1) is 45.3 Å². The average molecular weight is 783 g/mol. The van der Waals surface area contributed by atoms with Gasteiger partial charge in [-0.05, 0) is 100 Å². The van der Waals surface area contributed by atoms with Gasteiger partial charge in [0.15, 0.2) is 12.6 Å². The van der Waals surface area contributed by atoms with Crippen LogP contribution in [0.4, 0.5) is 0 Å². The minimum absolute atomic E-state index is 0.00880. The summed E-state index contributed by atoms with van der Waals surface area (Å²) in [6.45, 7) is 17.5.